The van der Waals surface area contributed by atoms with Gasteiger partial charge in [-0.05, 0) is 52.3 Å². The number of nitro groups is 1. The average Bonchev–Trinajstić information content (AvgIpc) is 2.90. The number of oxazole rings is 1. The van der Waals surface area contributed by atoms with E-state index in [9.17, 15) is 10.1 Å². The summed E-state index contributed by atoms with van der Waals surface area (Å²) in [6.45, 7) is 0. The van der Waals surface area contributed by atoms with Crippen LogP contribution in [0.1, 0.15) is 0 Å². The Hall–Kier alpha value is -2.18. The number of nitrogens with zero attached hydrogens (tertiary/aromatic N) is 2. The molecule has 0 N–H and O–H groups in total. The van der Waals surface area contributed by atoms with Crippen LogP contribution in [-0.2, 0) is 0 Å². The van der Waals surface area contributed by atoms with Gasteiger partial charge in [-0.3, -0.25) is 10.1 Å². The molecule has 0 aliphatic heterocycles. The summed E-state index contributed by atoms with van der Waals surface area (Å²) in [5.41, 5.74) is 1.51. The second-order valence-electron chi connectivity index (χ2n) is 4.45. The van der Waals surface area contributed by atoms with Crippen LogP contribution in [0.2, 0.25) is 5.02 Å². The van der Waals surface area contributed by atoms with Crippen LogP contribution in [0.15, 0.2) is 57.6 Å². The van der Waals surface area contributed by atoms with Gasteiger partial charge in [0.15, 0.2) is 10.4 Å². The summed E-state index contributed by atoms with van der Waals surface area (Å²) in [5, 5.41) is 11.3. The van der Waals surface area contributed by atoms with Crippen LogP contribution in [0.25, 0.3) is 22.8 Å². The lowest BCUT2D eigenvalue weighted by molar-refractivity contribution is -0.384. The topological polar surface area (TPSA) is 69.2 Å². The predicted molar refractivity (Wildman–Crippen MR) is 86.7 cm³/mol. The van der Waals surface area contributed by atoms with Gasteiger partial charge in [0.1, 0.15) is 0 Å². The van der Waals surface area contributed by atoms with E-state index in [1.54, 1.807) is 24.3 Å². The van der Waals surface area contributed by atoms with Crippen molar-refractivity contribution in [2.75, 3.05) is 0 Å². The molecule has 0 spiro atoms. The molecule has 3 aromatic rings. The van der Waals surface area contributed by atoms with Crippen molar-refractivity contribution in [2.45, 2.75) is 0 Å². The number of halogens is 2. The molecule has 22 heavy (non-hydrogen) atoms. The molecule has 0 saturated heterocycles. The number of hydrogen-bond donors (Lipinski definition) is 0. The van der Waals surface area contributed by atoms with Crippen LogP contribution in [0.5, 0.6) is 0 Å². The first-order valence-electron chi connectivity index (χ1n) is 6.21. The molecule has 0 aliphatic rings. The zero-order valence-electron chi connectivity index (χ0n) is 11.0. The molecule has 0 unspecified atom stereocenters. The summed E-state index contributed by atoms with van der Waals surface area (Å²) in [6.07, 6.45) is 0. The summed E-state index contributed by atoms with van der Waals surface area (Å²) in [4.78, 5) is 14.5. The van der Waals surface area contributed by atoms with Crippen molar-refractivity contribution in [3.05, 3.63) is 68.3 Å². The van der Waals surface area contributed by atoms with Gasteiger partial charge in [0.2, 0.25) is 5.89 Å². The summed E-state index contributed by atoms with van der Waals surface area (Å²) in [5.74, 6) is 0.955. The first kappa shape index (κ1) is 14.7. The SMILES string of the molecule is O=[N+]([O-])c1ccc(-c2nc(Br)c(-c3ccc(Cl)cc3)o2)cc1. The van der Waals surface area contributed by atoms with Gasteiger partial charge in [-0.1, -0.05) is 11.6 Å². The van der Waals surface area contributed by atoms with Crippen molar-refractivity contribution in [1.29, 1.82) is 0 Å². The minimum absolute atomic E-state index is 0.0206. The van der Waals surface area contributed by atoms with Crippen LogP contribution >= 0.6 is 27.5 Å². The maximum absolute atomic E-state index is 10.7. The Kier molecular flexibility index (Phi) is 3.96. The molecular formula is C15H8BrClN2O3. The molecule has 0 fully saturated rings. The first-order chi connectivity index (χ1) is 10.5. The lowest BCUT2D eigenvalue weighted by atomic mass is 10.2. The maximum atomic E-state index is 10.7. The van der Waals surface area contributed by atoms with E-state index in [0.29, 0.717) is 26.8 Å². The zero-order valence-corrected chi connectivity index (χ0v) is 13.3. The Bertz CT molecular complexity index is 829. The number of hydrogen-bond acceptors (Lipinski definition) is 4. The highest BCUT2D eigenvalue weighted by atomic mass is 79.9. The second kappa shape index (κ2) is 5.90. The number of aromatic nitrogens is 1. The van der Waals surface area contributed by atoms with E-state index in [0.717, 1.165) is 5.56 Å². The fraction of sp³-hybridized carbons (Fsp3) is 0. The summed E-state index contributed by atoms with van der Waals surface area (Å²) < 4.78 is 6.31. The molecular weight excluding hydrogens is 372 g/mol. The molecule has 0 bridgehead atoms. The summed E-state index contributed by atoms with van der Waals surface area (Å²) >= 11 is 9.23. The highest BCUT2D eigenvalue weighted by Gasteiger charge is 2.15. The van der Waals surface area contributed by atoms with E-state index < -0.39 is 4.92 Å². The second-order valence-corrected chi connectivity index (χ2v) is 5.64. The molecule has 0 atom stereocenters. The maximum Gasteiger partial charge on any atom is 0.269 e. The van der Waals surface area contributed by atoms with Gasteiger partial charge in [0.25, 0.3) is 5.69 Å². The minimum atomic E-state index is -0.450. The molecule has 3 rings (SSSR count). The third-order valence-electron chi connectivity index (χ3n) is 3.02. The summed E-state index contributed by atoms with van der Waals surface area (Å²) in [6, 6.07) is 13.2. The monoisotopic (exact) mass is 378 g/mol. The van der Waals surface area contributed by atoms with Crippen molar-refractivity contribution in [3.8, 4) is 22.8 Å². The molecule has 1 heterocycles. The van der Waals surface area contributed by atoms with Crippen LogP contribution < -0.4 is 0 Å². The Balaban J connectivity index is 1.98. The first-order valence-corrected chi connectivity index (χ1v) is 7.39. The fourth-order valence-corrected chi connectivity index (χ4v) is 2.53. The van der Waals surface area contributed by atoms with Crippen molar-refractivity contribution >= 4 is 33.2 Å². The lowest BCUT2D eigenvalue weighted by Gasteiger charge is -1.98. The third-order valence-corrected chi connectivity index (χ3v) is 3.81. The van der Waals surface area contributed by atoms with Gasteiger partial charge in [-0.2, -0.15) is 0 Å². The van der Waals surface area contributed by atoms with Gasteiger partial charge in [0, 0.05) is 28.3 Å². The summed E-state index contributed by atoms with van der Waals surface area (Å²) in [7, 11) is 0. The smallest absolute Gasteiger partial charge is 0.269 e. The third kappa shape index (κ3) is 2.88. The Morgan fingerprint density at radius 3 is 2.23 bits per heavy atom. The van der Waals surface area contributed by atoms with Gasteiger partial charge in [-0.15, -0.1) is 0 Å². The van der Waals surface area contributed by atoms with Crippen LogP contribution in [-0.4, -0.2) is 9.91 Å². The minimum Gasteiger partial charge on any atom is -0.435 e. The highest BCUT2D eigenvalue weighted by molar-refractivity contribution is 9.10. The largest absolute Gasteiger partial charge is 0.435 e. The van der Waals surface area contributed by atoms with E-state index in [-0.39, 0.29) is 5.69 Å². The fourth-order valence-electron chi connectivity index (χ4n) is 1.93. The van der Waals surface area contributed by atoms with Gasteiger partial charge < -0.3 is 4.42 Å². The van der Waals surface area contributed by atoms with Gasteiger partial charge in [-0.25, -0.2) is 4.98 Å². The molecule has 0 amide bonds. The number of benzene rings is 2. The predicted octanol–water partition coefficient (Wildman–Crippen LogP) is 5.33. The molecule has 0 radical (unpaired) electrons. The molecule has 1 aromatic heterocycles. The van der Waals surface area contributed by atoms with E-state index in [2.05, 4.69) is 20.9 Å². The molecule has 7 heteroatoms. The van der Waals surface area contributed by atoms with Crippen molar-refractivity contribution in [2.24, 2.45) is 0 Å². The van der Waals surface area contributed by atoms with Crippen molar-refractivity contribution in [3.63, 3.8) is 0 Å². The Labute approximate surface area is 138 Å². The van der Waals surface area contributed by atoms with E-state index in [4.69, 9.17) is 16.0 Å². The highest BCUT2D eigenvalue weighted by Crippen LogP contribution is 2.33. The molecule has 5 nitrogen and oxygen atoms in total. The number of non-ortho nitro benzene ring substituents is 1. The Morgan fingerprint density at radius 1 is 1.05 bits per heavy atom. The van der Waals surface area contributed by atoms with Crippen LogP contribution in [0.4, 0.5) is 5.69 Å². The van der Waals surface area contributed by atoms with Crippen LogP contribution in [0, 0.1) is 10.1 Å². The van der Waals surface area contributed by atoms with Crippen LogP contribution in [0.3, 0.4) is 0 Å². The standard InChI is InChI=1S/C15H8BrClN2O3/c16-14-13(9-1-5-11(17)6-2-9)22-15(18-14)10-3-7-12(8-4-10)19(20)21/h1-8H. The zero-order chi connectivity index (χ0) is 15.7. The number of rotatable bonds is 3. The van der Waals surface area contributed by atoms with Gasteiger partial charge >= 0.3 is 0 Å². The lowest BCUT2D eigenvalue weighted by Crippen LogP contribution is -1.87. The Morgan fingerprint density at radius 2 is 1.64 bits per heavy atom. The molecule has 0 aliphatic carbocycles. The van der Waals surface area contributed by atoms with E-state index >= 15 is 0 Å². The average molecular weight is 380 g/mol. The van der Waals surface area contributed by atoms with Crippen molar-refractivity contribution in [1.82, 2.24) is 4.98 Å². The van der Waals surface area contributed by atoms with E-state index in [1.807, 2.05) is 12.1 Å². The molecule has 110 valence electrons. The quantitative estimate of drug-likeness (QED) is 0.455. The molecule has 2 aromatic carbocycles. The number of nitro benzene ring substituents is 1. The molecule has 0 saturated carbocycles. The van der Waals surface area contributed by atoms with E-state index in [1.165, 1.54) is 12.1 Å². The van der Waals surface area contributed by atoms with Crippen molar-refractivity contribution < 1.29 is 9.34 Å². The van der Waals surface area contributed by atoms with Gasteiger partial charge in [0.05, 0.1) is 4.92 Å². The normalized spacial score (nSPS) is 10.6.